The predicted octanol–water partition coefficient (Wildman–Crippen LogP) is 4.70. The molecule has 0 aliphatic carbocycles. The number of ether oxygens (including phenoxy) is 1. The summed E-state index contributed by atoms with van der Waals surface area (Å²) in [5.74, 6) is 0.928. The van der Waals surface area contributed by atoms with Crippen LogP contribution in [0.15, 0.2) is 53.0 Å². The number of halogens is 1. The molecule has 0 aromatic heterocycles. The topological polar surface area (TPSA) is 21.3 Å². The molecule has 0 unspecified atom stereocenters. The lowest BCUT2D eigenvalue weighted by Gasteiger charge is -2.14. The SMILES string of the molecule is CCOc1ccc(CN[C@@H](C)c2ccc(Br)cc2)cc1. The van der Waals surface area contributed by atoms with Gasteiger partial charge < -0.3 is 10.1 Å². The fourth-order valence-electron chi connectivity index (χ4n) is 2.01. The fourth-order valence-corrected chi connectivity index (χ4v) is 2.27. The Bertz CT molecular complexity index is 522. The van der Waals surface area contributed by atoms with Crippen LogP contribution in [0.5, 0.6) is 5.75 Å². The number of rotatable bonds is 6. The van der Waals surface area contributed by atoms with Gasteiger partial charge in [-0.3, -0.25) is 0 Å². The van der Waals surface area contributed by atoms with Gasteiger partial charge in [0, 0.05) is 17.1 Å². The molecule has 1 atom stereocenters. The summed E-state index contributed by atoms with van der Waals surface area (Å²) < 4.78 is 6.55. The maximum atomic E-state index is 5.44. The van der Waals surface area contributed by atoms with E-state index in [0.717, 1.165) is 16.8 Å². The third-order valence-corrected chi connectivity index (χ3v) is 3.75. The number of benzene rings is 2. The number of nitrogens with one attached hydrogen (secondary N) is 1. The van der Waals surface area contributed by atoms with Gasteiger partial charge in [-0.05, 0) is 49.2 Å². The third kappa shape index (κ3) is 4.36. The van der Waals surface area contributed by atoms with Gasteiger partial charge in [0.2, 0.25) is 0 Å². The molecule has 0 heterocycles. The highest BCUT2D eigenvalue weighted by molar-refractivity contribution is 9.10. The van der Waals surface area contributed by atoms with Gasteiger partial charge in [0.15, 0.2) is 0 Å². The van der Waals surface area contributed by atoms with Gasteiger partial charge in [0.1, 0.15) is 5.75 Å². The largest absolute Gasteiger partial charge is 0.494 e. The first-order valence-electron chi connectivity index (χ1n) is 6.89. The van der Waals surface area contributed by atoms with Crippen molar-refractivity contribution in [3.05, 3.63) is 64.1 Å². The smallest absolute Gasteiger partial charge is 0.119 e. The second kappa shape index (κ2) is 7.46. The lowest BCUT2D eigenvalue weighted by molar-refractivity contribution is 0.340. The van der Waals surface area contributed by atoms with E-state index in [2.05, 4.69) is 64.6 Å². The average molecular weight is 334 g/mol. The molecule has 2 rings (SSSR count). The highest BCUT2D eigenvalue weighted by Crippen LogP contribution is 2.17. The lowest BCUT2D eigenvalue weighted by Crippen LogP contribution is -2.17. The summed E-state index contributed by atoms with van der Waals surface area (Å²) in [6.07, 6.45) is 0. The normalized spacial score (nSPS) is 12.2. The van der Waals surface area contributed by atoms with Crippen molar-refractivity contribution in [3.8, 4) is 5.75 Å². The van der Waals surface area contributed by atoms with Crippen LogP contribution in [0.2, 0.25) is 0 Å². The molecule has 0 bridgehead atoms. The second-order valence-electron chi connectivity index (χ2n) is 4.73. The zero-order valence-corrected chi connectivity index (χ0v) is 13.5. The van der Waals surface area contributed by atoms with Crippen molar-refractivity contribution in [1.29, 1.82) is 0 Å². The Labute approximate surface area is 129 Å². The molecule has 0 saturated heterocycles. The minimum absolute atomic E-state index is 0.328. The molecule has 2 nitrogen and oxygen atoms in total. The summed E-state index contributed by atoms with van der Waals surface area (Å²) in [5, 5.41) is 3.53. The Morgan fingerprint density at radius 3 is 2.30 bits per heavy atom. The molecule has 0 fully saturated rings. The van der Waals surface area contributed by atoms with Crippen LogP contribution in [0.3, 0.4) is 0 Å². The van der Waals surface area contributed by atoms with Gasteiger partial charge >= 0.3 is 0 Å². The van der Waals surface area contributed by atoms with Crippen LogP contribution in [-0.2, 0) is 6.54 Å². The Balaban J connectivity index is 1.89. The molecule has 0 aliphatic heterocycles. The van der Waals surface area contributed by atoms with Crippen molar-refractivity contribution >= 4 is 15.9 Å². The predicted molar refractivity (Wildman–Crippen MR) is 87.0 cm³/mol. The Hall–Kier alpha value is -1.32. The molecular formula is C17H20BrNO. The van der Waals surface area contributed by atoms with Gasteiger partial charge in [-0.15, -0.1) is 0 Å². The van der Waals surface area contributed by atoms with E-state index in [1.807, 2.05) is 19.1 Å². The fraction of sp³-hybridized carbons (Fsp3) is 0.294. The highest BCUT2D eigenvalue weighted by atomic mass is 79.9. The molecule has 1 N–H and O–H groups in total. The van der Waals surface area contributed by atoms with E-state index in [-0.39, 0.29) is 0 Å². The Morgan fingerprint density at radius 2 is 1.70 bits per heavy atom. The average Bonchev–Trinajstić information content (AvgIpc) is 2.47. The monoisotopic (exact) mass is 333 g/mol. The zero-order chi connectivity index (χ0) is 14.4. The van der Waals surface area contributed by atoms with E-state index in [9.17, 15) is 0 Å². The van der Waals surface area contributed by atoms with Crippen LogP contribution in [-0.4, -0.2) is 6.61 Å². The standard InChI is InChI=1S/C17H20BrNO/c1-3-20-17-10-4-14(5-11-17)12-19-13(2)15-6-8-16(18)9-7-15/h4-11,13,19H,3,12H2,1-2H3/t13-/m0/s1. The zero-order valence-electron chi connectivity index (χ0n) is 11.9. The number of hydrogen-bond acceptors (Lipinski definition) is 2. The van der Waals surface area contributed by atoms with E-state index in [1.165, 1.54) is 11.1 Å². The quantitative estimate of drug-likeness (QED) is 0.827. The summed E-state index contributed by atoms with van der Waals surface area (Å²) in [5.41, 5.74) is 2.55. The van der Waals surface area contributed by atoms with Crippen LogP contribution in [0.25, 0.3) is 0 Å². The molecule has 0 radical (unpaired) electrons. The van der Waals surface area contributed by atoms with Crippen LogP contribution in [0, 0.1) is 0 Å². The summed E-state index contributed by atoms with van der Waals surface area (Å²) in [6, 6.07) is 17.0. The Kier molecular flexibility index (Phi) is 5.62. The van der Waals surface area contributed by atoms with Crippen LogP contribution < -0.4 is 10.1 Å². The van der Waals surface area contributed by atoms with Crippen molar-refractivity contribution in [1.82, 2.24) is 5.32 Å². The third-order valence-electron chi connectivity index (χ3n) is 3.22. The van der Waals surface area contributed by atoms with Gasteiger partial charge in [0.25, 0.3) is 0 Å². The second-order valence-corrected chi connectivity index (χ2v) is 5.65. The first-order valence-corrected chi connectivity index (χ1v) is 7.69. The molecular weight excluding hydrogens is 314 g/mol. The maximum Gasteiger partial charge on any atom is 0.119 e. The van der Waals surface area contributed by atoms with Gasteiger partial charge in [-0.1, -0.05) is 40.2 Å². The van der Waals surface area contributed by atoms with Gasteiger partial charge in [0.05, 0.1) is 6.61 Å². The number of hydrogen-bond donors (Lipinski definition) is 1. The van der Waals surface area contributed by atoms with Crippen LogP contribution in [0.1, 0.15) is 31.0 Å². The van der Waals surface area contributed by atoms with E-state index >= 15 is 0 Å². The van der Waals surface area contributed by atoms with E-state index in [4.69, 9.17) is 4.74 Å². The summed E-state index contributed by atoms with van der Waals surface area (Å²) in [4.78, 5) is 0. The molecule has 2 aromatic rings. The first kappa shape index (κ1) is 15.1. The van der Waals surface area contributed by atoms with Crippen LogP contribution >= 0.6 is 15.9 Å². The molecule has 106 valence electrons. The van der Waals surface area contributed by atoms with Crippen molar-refractivity contribution < 1.29 is 4.74 Å². The molecule has 3 heteroatoms. The van der Waals surface area contributed by atoms with Crippen molar-refractivity contribution in [2.24, 2.45) is 0 Å². The van der Waals surface area contributed by atoms with Crippen molar-refractivity contribution in [3.63, 3.8) is 0 Å². The lowest BCUT2D eigenvalue weighted by atomic mass is 10.1. The molecule has 0 spiro atoms. The van der Waals surface area contributed by atoms with Gasteiger partial charge in [-0.25, -0.2) is 0 Å². The molecule has 2 aromatic carbocycles. The Morgan fingerprint density at radius 1 is 1.05 bits per heavy atom. The van der Waals surface area contributed by atoms with Gasteiger partial charge in [-0.2, -0.15) is 0 Å². The molecule has 0 saturated carbocycles. The molecule has 20 heavy (non-hydrogen) atoms. The minimum Gasteiger partial charge on any atom is -0.494 e. The summed E-state index contributed by atoms with van der Waals surface area (Å²) in [7, 11) is 0. The van der Waals surface area contributed by atoms with Crippen molar-refractivity contribution in [2.75, 3.05) is 6.61 Å². The van der Waals surface area contributed by atoms with E-state index < -0.39 is 0 Å². The summed E-state index contributed by atoms with van der Waals surface area (Å²) in [6.45, 7) is 5.73. The van der Waals surface area contributed by atoms with Crippen LogP contribution in [0.4, 0.5) is 0 Å². The highest BCUT2D eigenvalue weighted by Gasteiger charge is 2.04. The summed E-state index contributed by atoms with van der Waals surface area (Å²) >= 11 is 3.46. The first-order chi connectivity index (χ1) is 9.69. The molecule has 0 aliphatic rings. The molecule has 0 amide bonds. The van der Waals surface area contributed by atoms with E-state index in [1.54, 1.807) is 0 Å². The van der Waals surface area contributed by atoms with Crippen molar-refractivity contribution in [2.45, 2.75) is 26.4 Å². The minimum atomic E-state index is 0.328. The van der Waals surface area contributed by atoms with E-state index in [0.29, 0.717) is 12.6 Å². The maximum absolute atomic E-state index is 5.44.